The monoisotopic (exact) mass is 450 g/mol. The third-order valence-electron chi connectivity index (χ3n) is 4.90. The van der Waals surface area contributed by atoms with Crippen LogP contribution in [0.5, 0.6) is 23.0 Å². The molecule has 0 radical (unpaired) electrons. The molecule has 1 aliphatic rings. The van der Waals surface area contributed by atoms with Crippen LogP contribution in [0.15, 0.2) is 66.4 Å². The van der Waals surface area contributed by atoms with Crippen molar-refractivity contribution in [2.75, 3.05) is 20.8 Å². The first-order chi connectivity index (χ1) is 15.5. The van der Waals surface area contributed by atoms with Crippen LogP contribution in [-0.2, 0) is 0 Å². The number of rotatable bonds is 7. The van der Waals surface area contributed by atoms with Gasteiger partial charge in [0.15, 0.2) is 18.1 Å². The number of hydrogen-bond donors (Lipinski definition) is 0. The molecule has 6 nitrogen and oxygen atoms in total. The first-order valence-electron chi connectivity index (χ1n) is 9.70. The van der Waals surface area contributed by atoms with Crippen LogP contribution >= 0.6 is 11.6 Å². The summed E-state index contributed by atoms with van der Waals surface area (Å²) < 4.78 is 22.0. The zero-order chi connectivity index (χ0) is 22.7. The van der Waals surface area contributed by atoms with E-state index in [1.54, 1.807) is 81.0 Å². The van der Waals surface area contributed by atoms with E-state index in [9.17, 15) is 9.59 Å². The Balaban J connectivity index is 1.50. The first-order valence-corrected chi connectivity index (χ1v) is 10.1. The molecule has 4 rings (SSSR count). The maximum Gasteiger partial charge on any atom is 0.231 e. The van der Waals surface area contributed by atoms with E-state index < -0.39 is 0 Å². The van der Waals surface area contributed by atoms with Crippen molar-refractivity contribution >= 4 is 29.2 Å². The molecule has 0 bridgehead atoms. The normalized spacial score (nSPS) is 13.5. The van der Waals surface area contributed by atoms with Crippen molar-refractivity contribution in [1.29, 1.82) is 0 Å². The lowest BCUT2D eigenvalue weighted by molar-refractivity contribution is 0.0921. The third-order valence-corrected chi connectivity index (χ3v) is 5.15. The fourth-order valence-corrected chi connectivity index (χ4v) is 3.34. The molecule has 3 aromatic rings. The van der Waals surface area contributed by atoms with Crippen molar-refractivity contribution in [2.24, 2.45) is 0 Å². The number of ketones is 2. The van der Waals surface area contributed by atoms with Crippen LogP contribution in [0.25, 0.3) is 6.08 Å². The van der Waals surface area contributed by atoms with Gasteiger partial charge < -0.3 is 18.9 Å². The molecule has 0 unspecified atom stereocenters. The van der Waals surface area contributed by atoms with Gasteiger partial charge in [0.25, 0.3) is 0 Å². The van der Waals surface area contributed by atoms with Gasteiger partial charge in [0.2, 0.25) is 5.78 Å². The molecule has 0 fully saturated rings. The number of methoxy groups -OCH3 is 2. The number of ether oxygens (including phenoxy) is 4. The summed E-state index contributed by atoms with van der Waals surface area (Å²) in [5.74, 6) is 1.69. The summed E-state index contributed by atoms with van der Waals surface area (Å²) in [6.45, 7) is -0.155. The lowest BCUT2D eigenvalue weighted by Gasteiger charge is -2.08. The number of benzene rings is 3. The Morgan fingerprint density at radius 3 is 2.44 bits per heavy atom. The molecule has 1 aliphatic heterocycles. The number of halogens is 1. The Morgan fingerprint density at radius 2 is 1.72 bits per heavy atom. The first kappa shape index (κ1) is 21.5. The molecule has 3 aromatic carbocycles. The topological polar surface area (TPSA) is 71.1 Å². The van der Waals surface area contributed by atoms with Gasteiger partial charge in [-0.15, -0.1) is 0 Å². The molecule has 7 heteroatoms. The van der Waals surface area contributed by atoms with Crippen molar-refractivity contribution in [2.45, 2.75) is 0 Å². The minimum atomic E-state index is -0.256. The Morgan fingerprint density at radius 1 is 0.969 bits per heavy atom. The quantitative estimate of drug-likeness (QED) is 0.362. The van der Waals surface area contributed by atoms with Crippen molar-refractivity contribution in [3.63, 3.8) is 0 Å². The zero-order valence-electron chi connectivity index (χ0n) is 17.4. The molecular weight excluding hydrogens is 432 g/mol. The van der Waals surface area contributed by atoms with Gasteiger partial charge in [0.05, 0.1) is 19.8 Å². The highest BCUT2D eigenvalue weighted by atomic mass is 35.5. The van der Waals surface area contributed by atoms with Gasteiger partial charge in [-0.2, -0.15) is 0 Å². The summed E-state index contributed by atoms with van der Waals surface area (Å²) in [5.41, 5.74) is 1.56. The number of hydrogen-bond acceptors (Lipinski definition) is 6. The fourth-order valence-electron chi connectivity index (χ4n) is 3.22. The highest BCUT2D eigenvalue weighted by molar-refractivity contribution is 6.30. The zero-order valence-corrected chi connectivity index (χ0v) is 18.1. The molecule has 0 spiro atoms. The standard InChI is InChI=1S/C25H19ClO6/c1-29-18-8-10-22(30-2)16(11-18)12-24-25(28)20-9-7-19(13-23(20)32-24)31-14-21(27)15-3-5-17(26)6-4-15/h3-13H,14H2,1-2H3/b24-12-. The van der Waals surface area contributed by atoms with E-state index in [2.05, 4.69) is 0 Å². The number of Topliss-reactive ketones (excluding diaryl/α,β-unsaturated/α-hetero) is 2. The van der Waals surface area contributed by atoms with E-state index in [0.29, 0.717) is 44.7 Å². The van der Waals surface area contributed by atoms with E-state index in [4.69, 9.17) is 30.5 Å². The highest BCUT2D eigenvalue weighted by Crippen LogP contribution is 2.36. The van der Waals surface area contributed by atoms with Crippen LogP contribution in [0.3, 0.4) is 0 Å². The summed E-state index contributed by atoms with van der Waals surface area (Å²) in [6.07, 6.45) is 1.61. The minimum absolute atomic E-state index is 0.154. The molecule has 0 saturated carbocycles. The molecule has 162 valence electrons. The second-order valence-corrected chi connectivity index (χ2v) is 7.36. The smallest absolute Gasteiger partial charge is 0.231 e. The van der Waals surface area contributed by atoms with Crippen molar-refractivity contribution < 1.29 is 28.5 Å². The van der Waals surface area contributed by atoms with Gasteiger partial charge >= 0.3 is 0 Å². The average molecular weight is 451 g/mol. The molecular formula is C25H19ClO6. The van der Waals surface area contributed by atoms with Gasteiger partial charge in [0.1, 0.15) is 23.0 Å². The van der Waals surface area contributed by atoms with E-state index in [0.717, 1.165) is 0 Å². The maximum absolute atomic E-state index is 12.8. The summed E-state index contributed by atoms with van der Waals surface area (Å²) in [5, 5.41) is 0.554. The summed E-state index contributed by atoms with van der Waals surface area (Å²) >= 11 is 5.85. The van der Waals surface area contributed by atoms with E-state index in [1.165, 1.54) is 0 Å². The Labute approximate surface area is 189 Å². The SMILES string of the molecule is COc1ccc(OC)c(/C=C2\Oc3cc(OCC(=O)c4ccc(Cl)cc4)ccc3C2=O)c1. The molecule has 0 aromatic heterocycles. The molecule has 0 aliphatic carbocycles. The summed E-state index contributed by atoms with van der Waals surface area (Å²) in [6, 6.07) is 16.7. The van der Waals surface area contributed by atoms with Gasteiger partial charge in [-0.3, -0.25) is 9.59 Å². The predicted octanol–water partition coefficient (Wildman–Crippen LogP) is 5.24. The second-order valence-electron chi connectivity index (χ2n) is 6.92. The largest absolute Gasteiger partial charge is 0.497 e. The Kier molecular flexibility index (Phi) is 6.14. The van der Waals surface area contributed by atoms with Gasteiger partial charge in [-0.05, 0) is 60.7 Å². The molecule has 0 N–H and O–H groups in total. The van der Waals surface area contributed by atoms with Crippen molar-refractivity contribution in [3.05, 3.63) is 88.1 Å². The number of allylic oxidation sites excluding steroid dienone is 1. The van der Waals surface area contributed by atoms with Crippen LogP contribution in [0, 0.1) is 0 Å². The van der Waals surface area contributed by atoms with Crippen LogP contribution < -0.4 is 18.9 Å². The van der Waals surface area contributed by atoms with Crippen LogP contribution in [0.4, 0.5) is 0 Å². The van der Waals surface area contributed by atoms with Crippen LogP contribution in [0.2, 0.25) is 5.02 Å². The second kappa shape index (κ2) is 9.16. The molecule has 1 heterocycles. The Bertz CT molecular complexity index is 1210. The minimum Gasteiger partial charge on any atom is -0.497 e. The molecule has 0 amide bonds. The average Bonchev–Trinajstić information content (AvgIpc) is 3.12. The van der Waals surface area contributed by atoms with Gasteiger partial charge in [-0.25, -0.2) is 0 Å². The summed E-state index contributed by atoms with van der Waals surface area (Å²) in [4.78, 5) is 25.1. The lowest BCUT2D eigenvalue weighted by Crippen LogP contribution is -2.11. The van der Waals surface area contributed by atoms with Gasteiger partial charge in [-0.1, -0.05) is 11.6 Å². The predicted molar refractivity (Wildman–Crippen MR) is 120 cm³/mol. The van der Waals surface area contributed by atoms with Crippen molar-refractivity contribution in [1.82, 2.24) is 0 Å². The highest BCUT2D eigenvalue weighted by Gasteiger charge is 2.28. The maximum atomic E-state index is 12.8. The third kappa shape index (κ3) is 4.45. The lowest BCUT2D eigenvalue weighted by atomic mass is 10.1. The number of carbonyl (C=O) groups is 2. The van der Waals surface area contributed by atoms with Crippen LogP contribution in [0.1, 0.15) is 26.3 Å². The Hall–Kier alpha value is -3.77. The van der Waals surface area contributed by atoms with E-state index in [1.807, 2.05) is 0 Å². The van der Waals surface area contributed by atoms with Crippen LogP contribution in [-0.4, -0.2) is 32.4 Å². The van der Waals surface area contributed by atoms with E-state index >= 15 is 0 Å². The summed E-state index contributed by atoms with van der Waals surface area (Å²) in [7, 11) is 3.11. The molecule has 0 saturated heterocycles. The van der Waals surface area contributed by atoms with Crippen molar-refractivity contribution in [3.8, 4) is 23.0 Å². The van der Waals surface area contributed by atoms with E-state index in [-0.39, 0.29) is 23.9 Å². The number of fused-ring (bicyclic) bond motifs is 1. The number of carbonyl (C=O) groups excluding carboxylic acids is 2. The molecule has 32 heavy (non-hydrogen) atoms. The van der Waals surface area contributed by atoms with Gasteiger partial charge in [0, 0.05) is 22.2 Å². The molecule has 0 atom stereocenters. The fraction of sp³-hybridized carbons (Fsp3) is 0.120.